The number of halogens is 3. The average molecular weight is 413 g/mol. The fraction of sp³-hybridized carbons (Fsp3) is 0.529. The van der Waals surface area contributed by atoms with Gasteiger partial charge in [0, 0.05) is 48.6 Å². The predicted octanol–water partition coefficient (Wildman–Crippen LogP) is 2.21. The minimum absolute atomic E-state index is 0.0116. The zero-order valence-electron chi connectivity index (χ0n) is 14.9. The SMILES string of the molecule is O=C1CC2(COCCN(c3cc(C(F)(F)F)ncn3)C2)CN1Cc1cncs1. The van der Waals surface area contributed by atoms with Crippen molar-refractivity contribution in [3.8, 4) is 0 Å². The summed E-state index contributed by atoms with van der Waals surface area (Å²) in [7, 11) is 0. The highest BCUT2D eigenvalue weighted by Crippen LogP contribution is 2.37. The molecule has 0 aromatic carbocycles. The van der Waals surface area contributed by atoms with Crippen LogP contribution in [0.25, 0.3) is 0 Å². The van der Waals surface area contributed by atoms with E-state index in [0.29, 0.717) is 45.8 Å². The van der Waals surface area contributed by atoms with Gasteiger partial charge in [-0.2, -0.15) is 13.2 Å². The maximum Gasteiger partial charge on any atom is 0.433 e. The molecule has 1 unspecified atom stereocenters. The lowest BCUT2D eigenvalue weighted by Gasteiger charge is -2.32. The van der Waals surface area contributed by atoms with Gasteiger partial charge in [0.05, 0.1) is 25.3 Å². The summed E-state index contributed by atoms with van der Waals surface area (Å²) < 4.78 is 44.7. The van der Waals surface area contributed by atoms with Crippen molar-refractivity contribution in [3.63, 3.8) is 0 Å². The van der Waals surface area contributed by atoms with E-state index in [1.165, 1.54) is 11.3 Å². The number of aromatic nitrogens is 3. The number of hydrogen-bond acceptors (Lipinski definition) is 7. The zero-order chi connectivity index (χ0) is 19.8. The first-order chi connectivity index (χ1) is 13.3. The Labute approximate surface area is 163 Å². The highest BCUT2D eigenvalue weighted by molar-refractivity contribution is 7.09. The third-order valence-electron chi connectivity index (χ3n) is 4.94. The van der Waals surface area contributed by atoms with Gasteiger partial charge in [0.15, 0.2) is 0 Å². The van der Waals surface area contributed by atoms with E-state index in [9.17, 15) is 18.0 Å². The lowest BCUT2D eigenvalue weighted by Crippen LogP contribution is -2.41. The maximum absolute atomic E-state index is 13.0. The van der Waals surface area contributed by atoms with Crippen molar-refractivity contribution in [2.75, 3.05) is 37.7 Å². The van der Waals surface area contributed by atoms with Gasteiger partial charge in [-0.1, -0.05) is 0 Å². The van der Waals surface area contributed by atoms with E-state index in [-0.39, 0.29) is 11.7 Å². The second-order valence-electron chi connectivity index (χ2n) is 7.13. The van der Waals surface area contributed by atoms with Crippen LogP contribution in [0, 0.1) is 5.41 Å². The van der Waals surface area contributed by atoms with Crippen molar-refractivity contribution in [2.45, 2.75) is 19.1 Å². The number of carbonyl (C=O) groups is 1. The lowest BCUT2D eigenvalue weighted by molar-refractivity contribution is -0.141. The van der Waals surface area contributed by atoms with E-state index in [2.05, 4.69) is 15.0 Å². The normalized spacial score (nSPS) is 23.5. The predicted molar refractivity (Wildman–Crippen MR) is 94.6 cm³/mol. The molecule has 1 amide bonds. The summed E-state index contributed by atoms with van der Waals surface area (Å²) >= 11 is 1.48. The van der Waals surface area contributed by atoms with Crippen LogP contribution in [0.5, 0.6) is 0 Å². The fourth-order valence-electron chi connectivity index (χ4n) is 3.70. The third-order valence-corrected chi connectivity index (χ3v) is 5.71. The first-order valence-electron chi connectivity index (χ1n) is 8.72. The van der Waals surface area contributed by atoms with Gasteiger partial charge in [-0.3, -0.25) is 9.78 Å². The van der Waals surface area contributed by atoms with Crippen molar-refractivity contribution in [3.05, 3.63) is 34.7 Å². The molecule has 28 heavy (non-hydrogen) atoms. The van der Waals surface area contributed by atoms with Crippen molar-refractivity contribution in [2.24, 2.45) is 5.41 Å². The van der Waals surface area contributed by atoms with Crippen LogP contribution in [-0.4, -0.2) is 58.6 Å². The van der Waals surface area contributed by atoms with Gasteiger partial charge in [0.2, 0.25) is 5.91 Å². The summed E-state index contributed by atoms with van der Waals surface area (Å²) in [4.78, 5) is 28.5. The minimum Gasteiger partial charge on any atom is -0.379 e. The zero-order valence-corrected chi connectivity index (χ0v) is 15.7. The Bertz CT molecular complexity index is 848. The molecule has 2 aromatic heterocycles. The highest BCUT2D eigenvalue weighted by Gasteiger charge is 2.46. The topological polar surface area (TPSA) is 71.5 Å². The lowest BCUT2D eigenvalue weighted by atomic mass is 9.87. The molecule has 0 N–H and O–H groups in total. The molecular formula is C17H18F3N5O2S. The van der Waals surface area contributed by atoms with Crippen LogP contribution in [0.4, 0.5) is 19.0 Å². The standard InChI is InChI=1S/C17H18F3N5O2S/c18-17(19,20)13-3-14(23-10-22-13)24-1-2-27-9-16(7-24)4-15(26)25(8-16)6-12-5-21-11-28-12/h3,5,10-11H,1-2,4,6-9H2. The van der Waals surface area contributed by atoms with Crippen molar-refractivity contribution in [1.29, 1.82) is 0 Å². The Morgan fingerprint density at radius 1 is 1.29 bits per heavy atom. The number of thiazole rings is 1. The number of likely N-dealkylation sites (tertiary alicyclic amines) is 1. The van der Waals surface area contributed by atoms with Crippen LogP contribution < -0.4 is 4.90 Å². The van der Waals surface area contributed by atoms with Crippen LogP contribution in [0.1, 0.15) is 17.0 Å². The van der Waals surface area contributed by atoms with Gasteiger partial charge >= 0.3 is 6.18 Å². The van der Waals surface area contributed by atoms with E-state index in [1.807, 2.05) is 0 Å². The molecule has 2 fully saturated rings. The van der Waals surface area contributed by atoms with E-state index < -0.39 is 17.3 Å². The number of nitrogens with zero attached hydrogens (tertiary/aromatic N) is 5. The van der Waals surface area contributed by atoms with Crippen molar-refractivity contribution >= 4 is 23.1 Å². The molecule has 1 spiro atoms. The summed E-state index contributed by atoms with van der Waals surface area (Å²) in [6, 6.07) is 0.949. The Morgan fingerprint density at radius 2 is 2.14 bits per heavy atom. The van der Waals surface area contributed by atoms with Crippen LogP contribution >= 0.6 is 11.3 Å². The van der Waals surface area contributed by atoms with Gasteiger partial charge in [-0.05, 0) is 0 Å². The molecule has 2 aliphatic rings. The number of alkyl halides is 3. The molecule has 1 atom stereocenters. The molecule has 2 saturated heterocycles. The molecular weight excluding hydrogens is 395 g/mol. The second kappa shape index (κ2) is 7.28. The Balaban J connectivity index is 1.54. The Morgan fingerprint density at radius 3 is 2.89 bits per heavy atom. The van der Waals surface area contributed by atoms with Gasteiger partial charge in [-0.15, -0.1) is 11.3 Å². The molecule has 2 aromatic rings. The van der Waals surface area contributed by atoms with Crippen molar-refractivity contribution < 1.29 is 22.7 Å². The number of ether oxygens (including phenoxy) is 1. The largest absolute Gasteiger partial charge is 0.433 e. The van der Waals surface area contributed by atoms with Crippen molar-refractivity contribution in [1.82, 2.24) is 19.9 Å². The molecule has 11 heteroatoms. The number of hydrogen-bond donors (Lipinski definition) is 0. The monoisotopic (exact) mass is 413 g/mol. The molecule has 4 rings (SSSR count). The molecule has 0 bridgehead atoms. The summed E-state index contributed by atoms with van der Waals surface area (Å²) in [5, 5.41) is 0. The van der Waals surface area contributed by atoms with Crippen LogP contribution in [0.15, 0.2) is 24.1 Å². The van der Waals surface area contributed by atoms with E-state index in [0.717, 1.165) is 17.3 Å². The first-order valence-corrected chi connectivity index (χ1v) is 9.60. The molecule has 0 saturated carbocycles. The third kappa shape index (κ3) is 3.95. The number of anilines is 1. The molecule has 0 aliphatic carbocycles. The highest BCUT2D eigenvalue weighted by atomic mass is 32.1. The average Bonchev–Trinajstić information content (AvgIpc) is 3.20. The van der Waals surface area contributed by atoms with Crippen LogP contribution in [0.2, 0.25) is 0 Å². The molecule has 7 nitrogen and oxygen atoms in total. The Kier molecular flexibility index (Phi) is 4.96. The summed E-state index contributed by atoms with van der Waals surface area (Å²) in [6.45, 7) is 2.50. The van der Waals surface area contributed by atoms with Crippen LogP contribution in [-0.2, 0) is 22.3 Å². The smallest absolute Gasteiger partial charge is 0.379 e. The maximum atomic E-state index is 13.0. The molecule has 150 valence electrons. The van der Waals surface area contributed by atoms with Gasteiger partial charge in [-0.25, -0.2) is 9.97 Å². The van der Waals surface area contributed by atoms with Gasteiger partial charge in [0.25, 0.3) is 0 Å². The molecule has 0 radical (unpaired) electrons. The van der Waals surface area contributed by atoms with E-state index in [4.69, 9.17) is 4.74 Å². The van der Waals surface area contributed by atoms with Crippen LogP contribution in [0.3, 0.4) is 0 Å². The summed E-state index contributed by atoms with van der Waals surface area (Å²) in [5.74, 6) is 0.207. The van der Waals surface area contributed by atoms with E-state index >= 15 is 0 Å². The fourth-order valence-corrected chi connectivity index (χ4v) is 4.31. The first kappa shape index (κ1) is 19.1. The van der Waals surface area contributed by atoms with E-state index in [1.54, 1.807) is 21.5 Å². The number of amides is 1. The van der Waals surface area contributed by atoms with Gasteiger partial charge in [0.1, 0.15) is 17.8 Å². The summed E-state index contributed by atoms with van der Waals surface area (Å²) in [6.07, 6.45) is -1.59. The number of rotatable bonds is 3. The molecule has 4 heterocycles. The minimum atomic E-state index is -4.54. The number of carbonyl (C=O) groups excluding carboxylic acids is 1. The summed E-state index contributed by atoms with van der Waals surface area (Å²) in [5.41, 5.74) is 0.253. The molecule has 2 aliphatic heterocycles. The quantitative estimate of drug-likeness (QED) is 0.769. The van der Waals surface area contributed by atoms with Gasteiger partial charge < -0.3 is 14.5 Å². The Hall–Kier alpha value is -2.27. The second-order valence-corrected chi connectivity index (χ2v) is 8.10.